The van der Waals surface area contributed by atoms with Crippen LogP contribution in [0.1, 0.15) is 16.8 Å². The van der Waals surface area contributed by atoms with Crippen LogP contribution in [0, 0.1) is 17.1 Å². The van der Waals surface area contributed by atoms with E-state index in [4.69, 9.17) is 10.00 Å². The van der Waals surface area contributed by atoms with Gasteiger partial charge in [-0.25, -0.2) is 4.39 Å². The van der Waals surface area contributed by atoms with Crippen molar-refractivity contribution in [3.05, 3.63) is 29.6 Å². The van der Waals surface area contributed by atoms with Crippen LogP contribution in [0.3, 0.4) is 0 Å². The predicted octanol–water partition coefficient (Wildman–Crippen LogP) is 1.82. The number of amides is 1. The summed E-state index contributed by atoms with van der Waals surface area (Å²) in [6, 6.07) is 5.98. The van der Waals surface area contributed by atoms with Crippen LogP contribution in [-0.2, 0) is 0 Å². The summed E-state index contributed by atoms with van der Waals surface area (Å²) in [4.78, 5) is 13.1. The van der Waals surface area contributed by atoms with E-state index in [9.17, 15) is 9.18 Å². The second-order valence-electron chi connectivity index (χ2n) is 3.48. The molecule has 0 radical (unpaired) electrons. The minimum atomic E-state index is -0.627. The van der Waals surface area contributed by atoms with Crippen molar-refractivity contribution in [2.45, 2.75) is 6.42 Å². The minimum Gasteiger partial charge on any atom is -0.497 e. The minimum absolute atomic E-state index is 0.0220. The fraction of sp³-hybridized carbons (Fsp3) is 0.333. The molecule has 0 spiro atoms. The van der Waals surface area contributed by atoms with Crippen LogP contribution < -0.4 is 4.74 Å². The van der Waals surface area contributed by atoms with E-state index in [1.165, 1.54) is 31.2 Å². The van der Waals surface area contributed by atoms with Gasteiger partial charge < -0.3 is 9.64 Å². The van der Waals surface area contributed by atoms with Crippen molar-refractivity contribution in [2.75, 3.05) is 20.7 Å². The van der Waals surface area contributed by atoms with Crippen LogP contribution in [0.2, 0.25) is 0 Å². The smallest absolute Gasteiger partial charge is 0.256 e. The molecule has 4 nitrogen and oxygen atoms in total. The van der Waals surface area contributed by atoms with Crippen LogP contribution in [0.5, 0.6) is 5.75 Å². The number of ether oxygens (including phenoxy) is 1. The fourth-order valence-electron chi connectivity index (χ4n) is 1.32. The van der Waals surface area contributed by atoms with E-state index in [-0.39, 0.29) is 18.5 Å². The van der Waals surface area contributed by atoms with Crippen LogP contribution in [-0.4, -0.2) is 31.5 Å². The number of carbonyl (C=O) groups excluding carboxylic acids is 1. The largest absolute Gasteiger partial charge is 0.497 e. The van der Waals surface area contributed by atoms with Gasteiger partial charge in [-0.15, -0.1) is 0 Å². The van der Waals surface area contributed by atoms with Gasteiger partial charge in [0.15, 0.2) is 0 Å². The monoisotopic (exact) mass is 236 g/mol. The fourth-order valence-corrected chi connectivity index (χ4v) is 1.32. The van der Waals surface area contributed by atoms with Gasteiger partial charge in [0.1, 0.15) is 11.6 Å². The van der Waals surface area contributed by atoms with E-state index in [1.807, 2.05) is 6.07 Å². The number of rotatable bonds is 4. The molecule has 1 aromatic carbocycles. The molecule has 0 aliphatic rings. The maximum absolute atomic E-state index is 13.6. The average Bonchev–Trinajstić information content (AvgIpc) is 2.34. The van der Waals surface area contributed by atoms with Gasteiger partial charge in [0, 0.05) is 19.7 Å². The third-order valence-corrected chi connectivity index (χ3v) is 2.31. The molecule has 0 fully saturated rings. The maximum Gasteiger partial charge on any atom is 0.256 e. The van der Waals surface area contributed by atoms with Gasteiger partial charge in [0.05, 0.1) is 25.2 Å². The normalized spacial score (nSPS) is 9.53. The van der Waals surface area contributed by atoms with Crippen molar-refractivity contribution in [2.24, 2.45) is 0 Å². The van der Waals surface area contributed by atoms with Gasteiger partial charge in [-0.1, -0.05) is 0 Å². The molecule has 0 aromatic heterocycles. The highest BCUT2D eigenvalue weighted by Gasteiger charge is 2.16. The Balaban J connectivity index is 2.86. The lowest BCUT2D eigenvalue weighted by Crippen LogP contribution is -2.28. The van der Waals surface area contributed by atoms with Crippen molar-refractivity contribution < 1.29 is 13.9 Å². The summed E-state index contributed by atoms with van der Waals surface area (Å²) < 4.78 is 18.4. The molecule has 0 saturated carbocycles. The van der Waals surface area contributed by atoms with Gasteiger partial charge in [-0.3, -0.25) is 4.79 Å². The van der Waals surface area contributed by atoms with Crippen LogP contribution in [0.15, 0.2) is 18.2 Å². The standard InChI is InChI=1S/C12H13FN2O2/c1-15(7-3-6-14)12(16)10-5-4-9(17-2)8-11(10)13/h4-5,8H,3,7H2,1-2H3. The summed E-state index contributed by atoms with van der Waals surface area (Å²) in [5, 5.41) is 8.41. The molecule has 0 bridgehead atoms. The SMILES string of the molecule is COc1ccc(C(=O)N(C)CCC#N)c(F)c1. The first-order valence-electron chi connectivity index (χ1n) is 5.06. The highest BCUT2D eigenvalue weighted by Crippen LogP contribution is 2.17. The molecule has 0 aliphatic carbocycles. The first kappa shape index (κ1) is 13.0. The van der Waals surface area contributed by atoms with Crippen molar-refractivity contribution in [3.63, 3.8) is 0 Å². The molecule has 0 unspecified atom stereocenters. The van der Waals surface area contributed by atoms with Crippen LogP contribution in [0.25, 0.3) is 0 Å². The summed E-state index contributed by atoms with van der Waals surface area (Å²) in [6.45, 7) is 0.279. The number of hydrogen-bond acceptors (Lipinski definition) is 3. The van der Waals surface area contributed by atoms with Gasteiger partial charge in [-0.05, 0) is 12.1 Å². The highest BCUT2D eigenvalue weighted by molar-refractivity contribution is 5.94. The van der Waals surface area contributed by atoms with E-state index in [0.717, 1.165) is 6.07 Å². The number of nitriles is 1. The lowest BCUT2D eigenvalue weighted by molar-refractivity contribution is 0.0793. The lowest BCUT2D eigenvalue weighted by atomic mass is 10.1. The van der Waals surface area contributed by atoms with Gasteiger partial charge in [0.2, 0.25) is 0 Å². The summed E-state index contributed by atoms with van der Waals surface area (Å²) in [7, 11) is 2.96. The van der Waals surface area contributed by atoms with Gasteiger partial charge in [-0.2, -0.15) is 5.26 Å². The van der Waals surface area contributed by atoms with Crippen LogP contribution >= 0.6 is 0 Å². The predicted molar refractivity (Wildman–Crippen MR) is 60.1 cm³/mol. The average molecular weight is 236 g/mol. The Morgan fingerprint density at radius 3 is 2.82 bits per heavy atom. The molecule has 0 saturated heterocycles. The van der Waals surface area contributed by atoms with E-state index < -0.39 is 11.7 Å². The van der Waals surface area contributed by atoms with E-state index in [2.05, 4.69) is 0 Å². The highest BCUT2D eigenvalue weighted by atomic mass is 19.1. The van der Waals surface area contributed by atoms with Gasteiger partial charge in [0.25, 0.3) is 5.91 Å². The van der Waals surface area contributed by atoms with Crippen molar-refractivity contribution >= 4 is 5.91 Å². The number of hydrogen-bond donors (Lipinski definition) is 0. The summed E-state index contributed by atoms with van der Waals surface area (Å²) in [5.41, 5.74) is -0.0220. The summed E-state index contributed by atoms with van der Waals surface area (Å²) in [6.07, 6.45) is 0.222. The van der Waals surface area contributed by atoms with Crippen molar-refractivity contribution in [1.82, 2.24) is 4.90 Å². The number of nitrogens with zero attached hydrogens (tertiary/aromatic N) is 2. The zero-order chi connectivity index (χ0) is 12.8. The third-order valence-electron chi connectivity index (χ3n) is 2.31. The molecular weight excluding hydrogens is 223 g/mol. The van der Waals surface area contributed by atoms with Crippen molar-refractivity contribution in [1.29, 1.82) is 5.26 Å². The Morgan fingerprint density at radius 1 is 1.59 bits per heavy atom. The maximum atomic E-state index is 13.6. The topological polar surface area (TPSA) is 53.3 Å². The first-order valence-corrected chi connectivity index (χ1v) is 5.06. The van der Waals surface area contributed by atoms with Crippen molar-refractivity contribution in [3.8, 4) is 11.8 Å². The van der Waals surface area contributed by atoms with E-state index in [1.54, 1.807) is 0 Å². The molecule has 1 rings (SSSR count). The van der Waals surface area contributed by atoms with E-state index in [0.29, 0.717) is 5.75 Å². The zero-order valence-electron chi connectivity index (χ0n) is 9.74. The number of methoxy groups -OCH3 is 1. The molecule has 5 heteroatoms. The molecule has 0 heterocycles. The molecule has 0 aliphatic heterocycles. The number of benzene rings is 1. The Bertz CT molecular complexity index is 454. The molecule has 1 aromatic rings. The second kappa shape index (κ2) is 5.85. The molecule has 17 heavy (non-hydrogen) atoms. The van der Waals surface area contributed by atoms with Crippen LogP contribution in [0.4, 0.5) is 4.39 Å². The van der Waals surface area contributed by atoms with Gasteiger partial charge >= 0.3 is 0 Å². The Morgan fingerprint density at radius 2 is 2.29 bits per heavy atom. The third kappa shape index (κ3) is 3.18. The van der Waals surface area contributed by atoms with E-state index >= 15 is 0 Å². The number of carbonyl (C=O) groups is 1. The molecule has 90 valence electrons. The number of halogens is 1. The molecule has 0 N–H and O–H groups in total. The molecule has 0 atom stereocenters. The Kier molecular flexibility index (Phi) is 4.46. The lowest BCUT2D eigenvalue weighted by Gasteiger charge is -2.16. The summed E-state index contributed by atoms with van der Waals surface area (Å²) in [5.74, 6) is -0.711. The molecule has 1 amide bonds. The Hall–Kier alpha value is -2.09. The summed E-state index contributed by atoms with van der Waals surface area (Å²) >= 11 is 0. The quantitative estimate of drug-likeness (QED) is 0.801. The molecular formula is C12H13FN2O2. The second-order valence-corrected chi connectivity index (χ2v) is 3.48. The Labute approximate surface area is 99.2 Å². The zero-order valence-corrected chi connectivity index (χ0v) is 9.74. The first-order chi connectivity index (χ1) is 8.10.